The lowest BCUT2D eigenvalue weighted by atomic mass is 9.95. The van der Waals surface area contributed by atoms with Gasteiger partial charge in [-0.25, -0.2) is 4.57 Å². The monoisotopic (exact) mass is 335 g/mol. The van der Waals surface area contributed by atoms with E-state index >= 15 is 0 Å². The summed E-state index contributed by atoms with van der Waals surface area (Å²) in [6.07, 6.45) is 0.550. The zero-order valence-corrected chi connectivity index (χ0v) is 16.9. The Morgan fingerprint density at radius 3 is 2.33 bits per heavy atom. The predicted molar refractivity (Wildman–Crippen MR) is 108 cm³/mol. The van der Waals surface area contributed by atoms with Gasteiger partial charge in [-0.1, -0.05) is 48.6 Å². The van der Waals surface area contributed by atoms with Crippen LogP contribution < -0.4 is 9.75 Å². The smallest absolute Gasteiger partial charge is 0.200 e. The highest BCUT2D eigenvalue weighted by atomic mass is 28.3. The van der Waals surface area contributed by atoms with Gasteiger partial charge < -0.3 is 0 Å². The van der Waals surface area contributed by atoms with Crippen molar-refractivity contribution in [3.63, 3.8) is 0 Å². The first-order valence-corrected chi connectivity index (χ1v) is 12.1. The summed E-state index contributed by atoms with van der Waals surface area (Å²) in [4.78, 5) is 0. The van der Waals surface area contributed by atoms with E-state index < -0.39 is 8.07 Å². The van der Waals surface area contributed by atoms with Crippen LogP contribution in [0.25, 0.3) is 22.0 Å². The lowest BCUT2D eigenvalue weighted by molar-refractivity contribution is -0.659. The molecule has 1 aromatic heterocycles. The van der Waals surface area contributed by atoms with Gasteiger partial charge in [0.05, 0.1) is 19.0 Å². The third kappa shape index (κ3) is 2.91. The summed E-state index contributed by atoms with van der Waals surface area (Å²) in [6, 6.07) is 13.3. The van der Waals surface area contributed by atoms with Crippen molar-refractivity contribution in [3.8, 4) is 11.3 Å². The molecule has 2 aromatic carbocycles. The van der Waals surface area contributed by atoms with Crippen molar-refractivity contribution in [2.24, 2.45) is 7.05 Å². The molecule has 0 aliphatic heterocycles. The molecule has 1 nitrogen and oxygen atoms in total. The van der Waals surface area contributed by atoms with Crippen molar-refractivity contribution in [1.82, 2.24) is 0 Å². The topological polar surface area (TPSA) is 3.88 Å². The van der Waals surface area contributed by atoms with Crippen LogP contribution in [-0.4, -0.2) is 8.07 Å². The molecular weight excluding hydrogens is 306 g/mol. The standard InChI is InChI=1S/C22H28NSi/c1-15-12-16(2)17(3)21(13-15)22-20-9-8-19(24(5,6)7)14-18(20)10-11-23(22)4/h8-14H,1-7H3/q+1/i11D. The van der Waals surface area contributed by atoms with Crippen LogP contribution in [-0.2, 0) is 7.05 Å². The number of hydrogen-bond acceptors (Lipinski definition) is 0. The molecule has 0 unspecified atom stereocenters. The second-order valence-electron chi connectivity index (χ2n) is 7.99. The van der Waals surface area contributed by atoms with Gasteiger partial charge in [0.25, 0.3) is 0 Å². The average Bonchev–Trinajstić information content (AvgIpc) is 2.51. The molecule has 0 radical (unpaired) electrons. The zero-order valence-electron chi connectivity index (χ0n) is 16.9. The lowest BCUT2D eigenvalue weighted by Crippen LogP contribution is -2.37. The number of rotatable bonds is 2. The summed E-state index contributed by atoms with van der Waals surface area (Å²) in [5, 5.41) is 3.85. The van der Waals surface area contributed by atoms with Crippen LogP contribution in [0.2, 0.25) is 19.6 Å². The van der Waals surface area contributed by atoms with Gasteiger partial charge in [0, 0.05) is 6.07 Å². The minimum Gasteiger partial charge on any atom is -0.200 e. The first-order chi connectivity index (χ1) is 11.6. The van der Waals surface area contributed by atoms with Gasteiger partial charge in [0.15, 0.2) is 6.17 Å². The Balaban J connectivity index is 2.41. The van der Waals surface area contributed by atoms with Crippen LogP contribution in [0.5, 0.6) is 0 Å². The molecular formula is C22H28NSi+. The van der Waals surface area contributed by atoms with Crippen molar-refractivity contribution in [1.29, 1.82) is 0 Å². The predicted octanol–water partition coefficient (Wildman–Crippen LogP) is 4.80. The number of benzene rings is 2. The fourth-order valence-electron chi connectivity index (χ4n) is 3.39. The molecule has 0 aliphatic rings. The first-order valence-electron chi connectivity index (χ1n) is 9.11. The van der Waals surface area contributed by atoms with Crippen LogP contribution in [0.15, 0.2) is 42.6 Å². The minimum atomic E-state index is -1.38. The average molecular weight is 336 g/mol. The van der Waals surface area contributed by atoms with E-state index in [0.29, 0.717) is 6.17 Å². The summed E-state index contributed by atoms with van der Waals surface area (Å²) in [5.41, 5.74) is 6.24. The van der Waals surface area contributed by atoms with Gasteiger partial charge in [-0.2, -0.15) is 0 Å². The van der Waals surface area contributed by atoms with Gasteiger partial charge in [0.1, 0.15) is 8.42 Å². The Labute approximate surface area is 148 Å². The molecule has 0 aliphatic carbocycles. The molecule has 3 rings (SSSR count). The minimum absolute atomic E-state index is 0.550. The molecule has 0 bridgehead atoms. The number of nitrogens with zero attached hydrogens (tertiary/aromatic N) is 1. The van der Waals surface area contributed by atoms with Crippen LogP contribution >= 0.6 is 0 Å². The first kappa shape index (κ1) is 15.6. The number of aryl methyl sites for hydroxylation is 2. The highest BCUT2D eigenvalue weighted by Gasteiger charge is 2.21. The molecule has 0 saturated heterocycles. The normalized spacial score (nSPS) is 12.5. The van der Waals surface area contributed by atoms with Crippen molar-refractivity contribution in [2.75, 3.05) is 0 Å². The highest BCUT2D eigenvalue weighted by Crippen LogP contribution is 2.30. The molecule has 3 aromatic rings. The Morgan fingerprint density at radius 2 is 1.67 bits per heavy atom. The molecule has 0 atom stereocenters. The van der Waals surface area contributed by atoms with Gasteiger partial charge >= 0.3 is 0 Å². The van der Waals surface area contributed by atoms with E-state index in [4.69, 9.17) is 1.37 Å². The van der Waals surface area contributed by atoms with Gasteiger partial charge in [-0.3, -0.25) is 0 Å². The summed E-state index contributed by atoms with van der Waals surface area (Å²) in [5.74, 6) is 0. The molecule has 0 spiro atoms. The SMILES string of the molecule is [2H]c1cc2cc([Si](C)(C)C)ccc2c(-c2cc(C)cc(C)c2C)[n+]1C. The summed E-state index contributed by atoms with van der Waals surface area (Å²) >= 11 is 0. The number of pyridine rings is 1. The van der Waals surface area contributed by atoms with Gasteiger partial charge in [-0.05, 0) is 49.4 Å². The van der Waals surface area contributed by atoms with Crippen molar-refractivity contribution in [3.05, 3.63) is 59.3 Å². The van der Waals surface area contributed by atoms with Crippen LogP contribution in [0, 0.1) is 20.8 Å². The van der Waals surface area contributed by atoms with E-state index in [1.54, 1.807) is 0 Å². The maximum absolute atomic E-state index is 8.47. The highest BCUT2D eigenvalue weighted by molar-refractivity contribution is 6.88. The fourth-order valence-corrected chi connectivity index (χ4v) is 4.56. The molecule has 124 valence electrons. The van der Waals surface area contributed by atoms with Gasteiger partial charge in [0.2, 0.25) is 5.69 Å². The Hall–Kier alpha value is -1.93. The number of hydrogen-bond donors (Lipinski definition) is 0. The third-order valence-corrected chi connectivity index (χ3v) is 7.03. The van der Waals surface area contributed by atoms with Crippen LogP contribution in [0.3, 0.4) is 0 Å². The van der Waals surface area contributed by atoms with E-state index in [9.17, 15) is 0 Å². The van der Waals surface area contributed by atoms with E-state index in [1.165, 1.54) is 38.2 Å². The van der Waals surface area contributed by atoms with E-state index in [0.717, 1.165) is 5.69 Å². The van der Waals surface area contributed by atoms with Crippen LogP contribution in [0.4, 0.5) is 0 Å². The maximum atomic E-state index is 8.47. The van der Waals surface area contributed by atoms with Crippen molar-refractivity contribution >= 4 is 24.0 Å². The molecule has 0 fully saturated rings. The zero-order chi connectivity index (χ0) is 18.5. The van der Waals surface area contributed by atoms with E-state index in [1.807, 2.05) is 17.7 Å². The molecule has 0 N–H and O–H groups in total. The van der Waals surface area contributed by atoms with E-state index in [2.05, 4.69) is 70.7 Å². The lowest BCUT2D eigenvalue weighted by Gasteiger charge is -2.18. The Morgan fingerprint density at radius 1 is 0.958 bits per heavy atom. The largest absolute Gasteiger partial charge is 0.220 e. The third-order valence-electron chi connectivity index (χ3n) is 4.99. The van der Waals surface area contributed by atoms with Crippen molar-refractivity contribution in [2.45, 2.75) is 40.4 Å². The molecule has 0 amide bonds. The Kier molecular flexibility index (Phi) is 3.80. The van der Waals surface area contributed by atoms with Gasteiger partial charge in [-0.15, -0.1) is 0 Å². The number of fused-ring (bicyclic) bond motifs is 1. The molecule has 2 heteroatoms. The Bertz CT molecular complexity index is 984. The summed E-state index contributed by atoms with van der Waals surface area (Å²) in [7, 11) is 0.626. The van der Waals surface area contributed by atoms with E-state index in [-0.39, 0.29) is 0 Å². The van der Waals surface area contributed by atoms with Crippen molar-refractivity contribution < 1.29 is 5.94 Å². The quantitative estimate of drug-likeness (QED) is 0.468. The maximum Gasteiger partial charge on any atom is 0.220 e. The summed E-state index contributed by atoms with van der Waals surface area (Å²) in [6.45, 7) is 13.6. The van der Waals surface area contributed by atoms with Crippen LogP contribution in [0.1, 0.15) is 18.1 Å². The fraction of sp³-hybridized carbons (Fsp3) is 0.318. The molecule has 0 saturated carbocycles. The summed E-state index contributed by atoms with van der Waals surface area (Å²) < 4.78 is 10.5. The second-order valence-corrected chi connectivity index (χ2v) is 13.1. The number of aromatic nitrogens is 1. The molecule has 24 heavy (non-hydrogen) atoms. The second kappa shape index (κ2) is 5.85. The molecule has 1 heterocycles.